The van der Waals surface area contributed by atoms with Gasteiger partial charge in [0.1, 0.15) is 6.67 Å². The summed E-state index contributed by atoms with van der Waals surface area (Å²) in [4.78, 5) is 0. The van der Waals surface area contributed by atoms with Crippen LogP contribution in [0.2, 0.25) is 0 Å². The van der Waals surface area contributed by atoms with Gasteiger partial charge in [0.25, 0.3) is 0 Å². The van der Waals surface area contributed by atoms with E-state index in [-0.39, 0.29) is 0 Å². The Kier molecular flexibility index (Phi) is 2.21. The molecule has 0 saturated carbocycles. The van der Waals surface area contributed by atoms with Gasteiger partial charge in [0, 0.05) is 0 Å². The third-order valence-corrected chi connectivity index (χ3v) is 1.37. The standard InChI is InChI=1S/C9H9F/c1-2-8-3-5-9(7-10)6-4-8/h2-6H,1,7H2. The summed E-state index contributed by atoms with van der Waals surface area (Å²) in [6.45, 7) is 3.20. The zero-order chi connectivity index (χ0) is 7.40. The second-order valence-corrected chi connectivity index (χ2v) is 2.08. The van der Waals surface area contributed by atoms with Crippen molar-refractivity contribution in [1.82, 2.24) is 0 Å². The summed E-state index contributed by atoms with van der Waals surface area (Å²) in [5, 5.41) is 0. The van der Waals surface area contributed by atoms with Gasteiger partial charge in [-0.3, -0.25) is 0 Å². The molecule has 1 aromatic carbocycles. The van der Waals surface area contributed by atoms with Crippen LogP contribution in [-0.2, 0) is 6.67 Å². The van der Waals surface area contributed by atoms with Gasteiger partial charge in [-0.2, -0.15) is 0 Å². The van der Waals surface area contributed by atoms with Crippen LogP contribution >= 0.6 is 0 Å². The van der Waals surface area contributed by atoms with Gasteiger partial charge in [-0.1, -0.05) is 36.9 Å². The molecule has 0 aliphatic rings. The quantitative estimate of drug-likeness (QED) is 0.586. The molecule has 1 aromatic rings. The molecule has 1 heteroatoms. The number of benzene rings is 1. The highest BCUT2D eigenvalue weighted by Crippen LogP contribution is 2.05. The molecule has 1 rings (SSSR count). The first kappa shape index (κ1) is 7.00. The number of hydrogen-bond acceptors (Lipinski definition) is 0. The SMILES string of the molecule is C=Cc1ccc(CF)cc1. The zero-order valence-electron chi connectivity index (χ0n) is 5.68. The fourth-order valence-corrected chi connectivity index (χ4v) is 0.743. The van der Waals surface area contributed by atoms with E-state index in [0.717, 1.165) is 5.56 Å². The number of alkyl halides is 1. The molecule has 0 fully saturated rings. The van der Waals surface area contributed by atoms with Crippen LogP contribution in [0.5, 0.6) is 0 Å². The predicted molar refractivity (Wildman–Crippen MR) is 41.3 cm³/mol. The molecule has 0 bridgehead atoms. The van der Waals surface area contributed by atoms with Crippen LogP contribution in [0.1, 0.15) is 11.1 Å². The van der Waals surface area contributed by atoms with Crippen LogP contribution in [0, 0.1) is 0 Å². The summed E-state index contributed by atoms with van der Waals surface area (Å²) >= 11 is 0. The van der Waals surface area contributed by atoms with Crippen LogP contribution in [0.3, 0.4) is 0 Å². The number of halogens is 1. The maximum absolute atomic E-state index is 11.9. The molecule has 0 unspecified atom stereocenters. The maximum atomic E-state index is 11.9. The van der Waals surface area contributed by atoms with Gasteiger partial charge in [0.05, 0.1) is 0 Å². The molecule has 0 saturated heterocycles. The Balaban J connectivity index is 2.90. The minimum atomic E-state index is -0.391. The molecule has 0 aliphatic heterocycles. The topological polar surface area (TPSA) is 0 Å². The minimum Gasteiger partial charge on any atom is -0.246 e. The summed E-state index contributed by atoms with van der Waals surface area (Å²) in [5.41, 5.74) is 1.74. The molecule has 10 heavy (non-hydrogen) atoms. The molecular weight excluding hydrogens is 127 g/mol. The minimum absolute atomic E-state index is 0.391. The highest BCUT2D eigenvalue weighted by Gasteiger charge is 1.88. The Labute approximate surface area is 60.0 Å². The van der Waals surface area contributed by atoms with Crippen molar-refractivity contribution in [3.05, 3.63) is 42.0 Å². The fourth-order valence-electron chi connectivity index (χ4n) is 0.743. The Bertz CT molecular complexity index is 211. The average molecular weight is 136 g/mol. The van der Waals surface area contributed by atoms with Crippen molar-refractivity contribution in [2.75, 3.05) is 0 Å². The van der Waals surface area contributed by atoms with E-state index in [1.54, 1.807) is 18.2 Å². The average Bonchev–Trinajstić information content (AvgIpc) is 2.05. The van der Waals surface area contributed by atoms with Crippen molar-refractivity contribution >= 4 is 6.08 Å². The van der Waals surface area contributed by atoms with Crippen molar-refractivity contribution in [2.24, 2.45) is 0 Å². The molecule has 0 aromatic heterocycles. The Morgan fingerprint density at radius 3 is 2.30 bits per heavy atom. The summed E-state index contributed by atoms with van der Waals surface area (Å²) in [6.07, 6.45) is 1.74. The first-order valence-electron chi connectivity index (χ1n) is 3.14. The molecule has 0 heterocycles. The summed E-state index contributed by atoms with van der Waals surface area (Å²) in [5.74, 6) is 0. The van der Waals surface area contributed by atoms with E-state index >= 15 is 0 Å². The van der Waals surface area contributed by atoms with Gasteiger partial charge in [-0.05, 0) is 11.1 Å². The van der Waals surface area contributed by atoms with Crippen molar-refractivity contribution in [3.8, 4) is 0 Å². The predicted octanol–water partition coefficient (Wildman–Crippen LogP) is 2.80. The van der Waals surface area contributed by atoms with Gasteiger partial charge >= 0.3 is 0 Å². The van der Waals surface area contributed by atoms with E-state index in [2.05, 4.69) is 6.58 Å². The van der Waals surface area contributed by atoms with Crippen LogP contribution in [0.15, 0.2) is 30.8 Å². The molecule has 0 radical (unpaired) electrons. The van der Waals surface area contributed by atoms with E-state index in [1.165, 1.54) is 0 Å². The van der Waals surface area contributed by atoms with Gasteiger partial charge in [-0.15, -0.1) is 0 Å². The molecule has 0 N–H and O–H groups in total. The van der Waals surface area contributed by atoms with Crippen molar-refractivity contribution in [2.45, 2.75) is 6.67 Å². The molecule has 0 amide bonds. The van der Waals surface area contributed by atoms with E-state index in [0.29, 0.717) is 5.56 Å². The lowest BCUT2D eigenvalue weighted by molar-refractivity contribution is 0.485. The maximum Gasteiger partial charge on any atom is 0.115 e. The van der Waals surface area contributed by atoms with Crippen LogP contribution in [0.4, 0.5) is 4.39 Å². The van der Waals surface area contributed by atoms with E-state index in [4.69, 9.17) is 0 Å². The molecular formula is C9H9F. The van der Waals surface area contributed by atoms with E-state index in [1.807, 2.05) is 12.1 Å². The lowest BCUT2D eigenvalue weighted by Gasteiger charge is -1.93. The largest absolute Gasteiger partial charge is 0.246 e. The molecule has 52 valence electrons. The first-order valence-corrected chi connectivity index (χ1v) is 3.14. The summed E-state index contributed by atoms with van der Waals surface area (Å²) in [6, 6.07) is 7.22. The zero-order valence-corrected chi connectivity index (χ0v) is 5.68. The number of hydrogen-bond donors (Lipinski definition) is 0. The third kappa shape index (κ3) is 1.44. The molecule has 0 aliphatic carbocycles. The van der Waals surface area contributed by atoms with E-state index < -0.39 is 6.67 Å². The lowest BCUT2D eigenvalue weighted by atomic mass is 10.1. The highest BCUT2D eigenvalue weighted by molar-refractivity contribution is 5.46. The fraction of sp³-hybridized carbons (Fsp3) is 0.111. The Morgan fingerprint density at radius 2 is 1.90 bits per heavy atom. The molecule has 0 spiro atoms. The molecule has 0 atom stereocenters. The number of rotatable bonds is 2. The Hall–Kier alpha value is -1.11. The van der Waals surface area contributed by atoms with Crippen LogP contribution in [-0.4, -0.2) is 0 Å². The lowest BCUT2D eigenvalue weighted by Crippen LogP contribution is -1.76. The summed E-state index contributed by atoms with van der Waals surface area (Å²) < 4.78 is 11.9. The van der Waals surface area contributed by atoms with Crippen molar-refractivity contribution < 1.29 is 4.39 Å². The van der Waals surface area contributed by atoms with Crippen LogP contribution in [0.25, 0.3) is 6.08 Å². The van der Waals surface area contributed by atoms with Gasteiger partial charge < -0.3 is 0 Å². The molecule has 0 nitrogen and oxygen atoms in total. The van der Waals surface area contributed by atoms with Crippen molar-refractivity contribution in [3.63, 3.8) is 0 Å². The van der Waals surface area contributed by atoms with Crippen LogP contribution < -0.4 is 0 Å². The van der Waals surface area contributed by atoms with Gasteiger partial charge in [0.2, 0.25) is 0 Å². The normalized spacial score (nSPS) is 9.30. The van der Waals surface area contributed by atoms with Crippen molar-refractivity contribution in [1.29, 1.82) is 0 Å². The highest BCUT2D eigenvalue weighted by atomic mass is 19.1. The second-order valence-electron chi connectivity index (χ2n) is 2.08. The first-order chi connectivity index (χ1) is 4.86. The van der Waals surface area contributed by atoms with Gasteiger partial charge in [-0.25, -0.2) is 4.39 Å². The third-order valence-electron chi connectivity index (χ3n) is 1.37. The van der Waals surface area contributed by atoms with Gasteiger partial charge in [0.15, 0.2) is 0 Å². The summed E-state index contributed by atoms with van der Waals surface area (Å²) in [7, 11) is 0. The monoisotopic (exact) mass is 136 g/mol. The van der Waals surface area contributed by atoms with E-state index in [9.17, 15) is 4.39 Å². The second kappa shape index (κ2) is 3.16. The Morgan fingerprint density at radius 1 is 1.30 bits per heavy atom. The smallest absolute Gasteiger partial charge is 0.115 e.